The van der Waals surface area contributed by atoms with Crippen molar-refractivity contribution in [3.63, 3.8) is 0 Å². The maximum Gasteiger partial charge on any atom is 1.00 e. The van der Waals surface area contributed by atoms with Gasteiger partial charge in [-0.15, -0.1) is 0 Å². The largest absolute Gasteiger partial charge is 1.00 e. The van der Waals surface area contributed by atoms with Gasteiger partial charge in [0, 0.05) is 6.54 Å². The Bertz CT molecular complexity index is 288. The summed E-state index contributed by atoms with van der Waals surface area (Å²) in [5.41, 5.74) is 5.42. The minimum absolute atomic E-state index is 0. The van der Waals surface area contributed by atoms with E-state index in [1.807, 2.05) is 0 Å². The smallest absolute Gasteiger partial charge is 1.00 e. The number of unbranched alkanes of at least 4 members (excludes halogenated alkanes) is 5. The molecule has 0 saturated heterocycles. The van der Waals surface area contributed by atoms with Crippen molar-refractivity contribution in [3.8, 4) is 0 Å². The van der Waals surface area contributed by atoms with Gasteiger partial charge in [-0.1, -0.05) is 45.4 Å². The molecule has 0 rings (SSSR count). The second-order valence-electron chi connectivity index (χ2n) is 4.65. The van der Waals surface area contributed by atoms with Gasteiger partial charge in [-0.25, -0.2) is 0 Å². The Labute approximate surface area is 129 Å². The zero-order valence-electron chi connectivity index (χ0n) is 12.4. The van der Waals surface area contributed by atoms with Crippen LogP contribution < -0.4 is 35.3 Å². The molecule has 0 fully saturated rings. The summed E-state index contributed by atoms with van der Waals surface area (Å²) in [5.74, 6) is 0. The van der Waals surface area contributed by atoms with Crippen molar-refractivity contribution >= 4 is 10.1 Å². The van der Waals surface area contributed by atoms with E-state index >= 15 is 0 Å². The summed E-state index contributed by atoms with van der Waals surface area (Å²) in [7, 11) is -4.04. The molecule has 0 heterocycles. The van der Waals surface area contributed by atoms with Crippen molar-refractivity contribution in [2.75, 3.05) is 6.54 Å². The Morgan fingerprint density at radius 1 is 1.18 bits per heavy atom. The summed E-state index contributed by atoms with van der Waals surface area (Å²) in [6, 6.07) is 0. The molecule has 100 valence electrons. The Morgan fingerprint density at radius 2 is 1.65 bits per heavy atom. The first kappa shape index (κ1) is 20.2. The van der Waals surface area contributed by atoms with E-state index in [0.717, 1.165) is 19.3 Å². The maximum atomic E-state index is 11.1. The Kier molecular flexibility index (Phi) is 11.6. The standard InChI is InChI=1S/C11H25NO3S.Na.H/c1-3-4-5-6-7-8-9-11(2,10-12)16(13,14)15;;/h3-10,12H2,1-2H3,(H,13,14,15);;/q;+1;-1. The summed E-state index contributed by atoms with van der Waals surface area (Å²) in [6.07, 6.45) is 7.00. The third-order valence-corrected chi connectivity index (χ3v) is 4.73. The Balaban J connectivity index is -0.00000112. The molecule has 0 spiro atoms. The Hall–Kier alpha value is 0.870. The van der Waals surface area contributed by atoms with Crippen LogP contribution in [0.15, 0.2) is 0 Å². The third-order valence-electron chi connectivity index (χ3n) is 3.11. The van der Waals surface area contributed by atoms with Crippen LogP contribution in [0, 0.1) is 0 Å². The molecule has 0 aliphatic heterocycles. The summed E-state index contributed by atoms with van der Waals surface area (Å²) >= 11 is 0. The molecule has 0 aromatic carbocycles. The van der Waals surface area contributed by atoms with Crippen molar-refractivity contribution < 1.29 is 44.0 Å². The zero-order valence-corrected chi connectivity index (χ0v) is 14.2. The molecule has 0 saturated carbocycles. The molecule has 1 atom stereocenters. The van der Waals surface area contributed by atoms with Gasteiger partial charge in [0.15, 0.2) is 0 Å². The van der Waals surface area contributed by atoms with Crippen molar-refractivity contribution in [2.24, 2.45) is 5.73 Å². The SMILES string of the molecule is CCCCCCCCC(C)(CN)S(=O)(=O)O.[H-].[Na+]. The van der Waals surface area contributed by atoms with Gasteiger partial charge >= 0.3 is 29.6 Å². The second-order valence-corrected chi connectivity index (χ2v) is 6.58. The minimum Gasteiger partial charge on any atom is -1.00 e. The first-order valence-electron chi connectivity index (χ1n) is 6.04. The average Bonchev–Trinajstić information content (AvgIpc) is 2.21. The van der Waals surface area contributed by atoms with Crippen molar-refractivity contribution in [1.82, 2.24) is 0 Å². The molecule has 0 aliphatic rings. The fourth-order valence-electron chi connectivity index (χ4n) is 1.62. The monoisotopic (exact) mass is 275 g/mol. The van der Waals surface area contributed by atoms with Crippen LogP contribution in [0.4, 0.5) is 0 Å². The van der Waals surface area contributed by atoms with Crippen LogP contribution in [0.25, 0.3) is 0 Å². The van der Waals surface area contributed by atoms with Gasteiger partial charge < -0.3 is 7.16 Å². The first-order chi connectivity index (χ1) is 7.37. The molecule has 6 heteroatoms. The van der Waals surface area contributed by atoms with Crippen LogP contribution in [0.1, 0.15) is 60.2 Å². The summed E-state index contributed by atoms with van der Waals surface area (Å²) < 4.78 is 30.2. The fourth-order valence-corrected chi connectivity index (χ4v) is 2.23. The maximum absolute atomic E-state index is 11.1. The zero-order chi connectivity index (χ0) is 12.7. The van der Waals surface area contributed by atoms with Crippen LogP contribution in [0.2, 0.25) is 0 Å². The molecule has 0 aliphatic carbocycles. The van der Waals surface area contributed by atoms with Gasteiger partial charge in [-0.05, 0) is 13.3 Å². The van der Waals surface area contributed by atoms with E-state index in [1.54, 1.807) is 0 Å². The molecular weight excluding hydrogens is 249 g/mol. The average molecular weight is 275 g/mol. The first-order valence-corrected chi connectivity index (χ1v) is 7.48. The van der Waals surface area contributed by atoms with Crippen LogP contribution in [0.5, 0.6) is 0 Å². The van der Waals surface area contributed by atoms with Gasteiger partial charge in [-0.2, -0.15) is 8.42 Å². The van der Waals surface area contributed by atoms with Gasteiger partial charge in [0.1, 0.15) is 4.75 Å². The van der Waals surface area contributed by atoms with E-state index in [0.29, 0.717) is 6.42 Å². The van der Waals surface area contributed by atoms with Crippen LogP contribution in [-0.4, -0.2) is 24.3 Å². The fraction of sp³-hybridized carbons (Fsp3) is 1.00. The molecule has 4 nitrogen and oxygen atoms in total. The Morgan fingerprint density at radius 3 is 2.06 bits per heavy atom. The van der Waals surface area contributed by atoms with E-state index < -0.39 is 14.9 Å². The van der Waals surface area contributed by atoms with E-state index in [-0.39, 0.29) is 37.5 Å². The van der Waals surface area contributed by atoms with Crippen molar-refractivity contribution in [1.29, 1.82) is 0 Å². The van der Waals surface area contributed by atoms with Gasteiger partial charge in [0.25, 0.3) is 10.1 Å². The molecule has 1 unspecified atom stereocenters. The summed E-state index contributed by atoms with van der Waals surface area (Å²) in [6.45, 7) is 3.64. The van der Waals surface area contributed by atoms with E-state index in [4.69, 9.17) is 10.3 Å². The van der Waals surface area contributed by atoms with Crippen molar-refractivity contribution in [2.45, 2.75) is 63.5 Å². The van der Waals surface area contributed by atoms with Crippen LogP contribution in [0.3, 0.4) is 0 Å². The van der Waals surface area contributed by atoms with E-state index in [1.165, 1.54) is 26.2 Å². The number of hydrogen-bond donors (Lipinski definition) is 2. The van der Waals surface area contributed by atoms with Crippen molar-refractivity contribution in [3.05, 3.63) is 0 Å². The summed E-state index contributed by atoms with van der Waals surface area (Å²) in [5, 5.41) is 0. The van der Waals surface area contributed by atoms with Crippen LogP contribution in [-0.2, 0) is 10.1 Å². The molecule has 0 amide bonds. The molecule has 0 radical (unpaired) electrons. The molecule has 17 heavy (non-hydrogen) atoms. The van der Waals surface area contributed by atoms with Gasteiger partial charge in [0.05, 0.1) is 0 Å². The third kappa shape index (κ3) is 7.80. The molecular formula is C11H26NNaO3S. The van der Waals surface area contributed by atoms with Crippen LogP contribution >= 0.6 is 0 Å². The molecule has 0 aromatic heterocycles. The van der Waals surface area contributed by atoms with E-state index in [9.17, 15) is 8.42 Å². The minimum atomic E-state index is -4.04. The molecule has 0 aromatic rings. The summed E-state index contributed by atoms with van der Waals surface area (Å²) in [4.78, 5) is 0. The number of nitrogens with two attached hydrogens (primary N) is 1. The second kappa shape index (κ2) is 9.75. The predicted octanol–water partition coefficient (Wildman–Crippen LogP) is -0.541. The predicted molar refractivity (Wildman–Crippen MR) is 68.1 cm³/mol. The number of hydrogen-bond acceptors (Lipinski definition) is 3. The molecule has 3 N–H and O–H groups in total. The normalized spacial score (nSPS) is 15.1. The topological polar surface area (TPSA) is 80.4 Å². The van der Waals surface area contributed by atoms with Gasteiger partial charge in [-0.3, -0.25) is 4.55 Å². The van der Waals surface area contributed by atoms with E-state index in [2.05, 4.69) is 6.92 Å². The van der Waals surface area contributed by atoms with Gasteiger partial charge in [0.2, 0.25) is 0 Å². The number of rotatable bonds is 9. The quantitative estimate of drug-likeness (QED) is 0.336. The molecule has 0 bridgehead atoms.